The predicted molar refractivity (Wildman–Crippen MR) is 160 cm³/mol. The lowest BCUT2D eigenvalue weighted by molar-refractivity contribution is 0.00568. The third-order valence-corrected chi connectivity index (χ3v) is 7.91. The number of ether oxygens (including phenoxy) is 1. The molecule has 0 N–H and O–H groups in total. The van der Waals surface area contributed by atoms with Crippen molar-refractivity contribution in [2.75, 3.05) is 32.7 Å². The first-order valence-electron chi connectivity index (χ1n) is 14.5. The highest BCUT2D eigenvalue weighted by molar-refractivity contribution is 5.76. The van der Waals surface area contributed by atoms with Gasteiger partial charge in [0, 0.05) is 51.5 Å². The van der Waals surface area contributed by atoms with Crippen molar-refractivity contribution in [1.29, 1.82) is 0 Å². The van der Waals surface area contributed by atoms with E-state index in [1.807, 2.05) is 103 Å². The van der Waals surface area contributed by atoms with Gasteiger partial charge in [0.1, 0.15) is 5.60 Å². The number of amides is 3. The summed E-state index contributed by atoms with van der Waals surface area (Å²) >= 11 is 0. The normalized spacial score (nSPS) is 18.3. The molecule has 2 aliphatic heterocycles. The van der Waals surface area contributed by atoms with Gasteiger partial charge in [0.2, 0.25) is 0 Å². The summed E-state index contributed by atoms with van der Waals surface area (Å²) in [5.74, 6) is 0.327. The molecule has 3 amide bonds. The molecule has 0 bridgehead atoms. The first-order valence-corrected chi connectivity index (χ1v) is 14.5. The summed E-state index contributed by atoms with van der Waals surface area (Å²) in [5, 5.41) is 0. The predicted octanol–water partition coefficient (Wildman–Crippen LogP) is 5.64. The molecule has 2 saturated heterocycles. The van der Waals surface area contributed by atoms with Crippen molar-refractivity contribution in [3.8, 4) is 11.1 Å². The molecule has 0 aliphatic carbocycles. The molecule has 3 aromatic rings. The first-order chi connectivity index (χ1) is 19.7. The Hall–Kier alpha value is -4.07. The van der Waals surface area contributed by atoms with E-state index < -0.39 is 5.60 Å². The van der Waals surface area contributed by atoms with Crippen molar-refractivity contribution < 1.29 is 14.3 Å². The molecule has 8 nitrogen and oxygen atoms in total. The zero-order valence-corrected chi connectivity index (χ0v) is 24.2. The van der Waals surface area contributed by atoms with E-state index in [0.717, 1.165) is 29.5 Å². The summed E-state index contributed by atoms with van der Waals surface area (Å²) in [6, 6.07) is 23.3. The molecule has 8 heteroatoms. The second-order valence-corrected chi connectivity index (χ2v) is 12.0. The lowest BCUT2D eigenvalue weighted by atomic mass is 9.96. The van der Waals surface area contributed by atoms with Crippen molar-refractivity contribution >= 4 is 12.1 Å². The highest BCUT2D eigenvalue weighted by Gasteiger charge is 2.37. The van der Waals surface area contributed by atoms with Crippen LogP contribution >= 0.6 is 0 Å². The molecule has 0 radical (unpaired) electrons. The van der Waals surface area contributed by atoms with Crippen LogP contribution in [-0.4, -0.2) is 69.7 Å². The van der Waals surface area contributed by atoms with Crippen molar-refractivity contribution in [2.45, 2.75) is 51.8 Å². The van der Waals surface area contributed by atoms with Crippen LogP contribution < -0.4 is 5.56 Å². The van der Waals surface area contributed by atoms with Crippen molar-refractivity contribution in [3.63, 3.8) is 0 Å². The number of nitrogens with zero attached hydrogens (tertiary/aromatic N) is 4. The molecule has 1 aromatic heterocycles. The van der Waals surface area contributed by atoms with E-state index >= 15 is 0 Å². The number of carbonyl (C=O) groups excluding carboxylic acids is 2. The third kappa shape index (κ3) is 6.99. The van der Waals surface area contributed by atoms with Gasteiger partial charge in [0.05, 0.1) is 6.04 Å². The van der Waals surface area contributed by atoms with Crippen LogP contribution in [0.4, 0.5) is 9.59 Å². The third-order valence-electron chi connectivity index (χ3n) is 7.91. The maximum Gasteiger partial charge on any atom is 0.410 e. The maximum absolute atomic E-state index is 13.8. The largest absolute Gasteiger partial charge is 0.444 e. The van der Waals surface area contributed by atoms with E-state index in [2.05, 4.69) is 0 Å². The average Bonchev–Trinajstić information content (AvgIpc) is 2.98. The fourth-order valence-electron chi connectivity index (χ4n) is 5.70. The monoisotopic (exact) mass is 556 g/mol. The Morgan fingerprint density at radius 3 is 2.12 bits per heavy atom. The van der Waals surface area contributed by atoms with Gasteiger partial charge in [-0.15, -0.1) is 0 Å². The van der Waals surface area contributed by atoms with Gasteiger partial charge in [-0.25, -0.2) is 9.59 Å². The number of pyridine rings is 1. The average molecular weight is 557 g/mol. The number of piperidine rings is 1. The molecule has 0 saturated carbocycles. The van der Waals surface area contributed by atoms with Crippen LogP contribution in [-0.2, 0) is 11.3 Å². The Balaban J connectivity index is 1.21. The lowest BCUT2D eigenvalue weighted by Crippen LogP contribution is -2.57. The number of rotatable bonds is 4. The van der Waals surface area contributed by atoms with E-state index in [0.29, 0.717) is 45.2 Å². The molecule has 2 aromatic carbocycles. The molecular formula is C33H40N4O4. The van der Waals surface area contributed by atoms with E-state index in [4.69, 9.17) is 4.74 Å². The van der Waals surface area contributed by atoms with Crippen molar-refractivity contribution in [2.24, 2.45) is 5.92 Å². The molecule has 5 rings (SSSR count). The fourth-order valence-corrected chi connectivity index (χ4v) is 5.70. The number of hydrogen-bond acceptors (Lipinski definition) is 4. The molecule has 0 spiro atoms. The van der Waals surface area contributed by atoms with Gasteiger partial charge in [0.15, 0.2) is 0 Å². The van der Waals surface area contributed by atoms with Crippen LogP contribution in [0, 0.1) is 5.92 Å². The number of carbonyl (C=O) groups is 2. The quantitative estimate of drug-likeness (QED) is 0.417. The van der Waals surface area contributed by atoms with Gasteiger partial charge in [0.25, 0.3) is 5.56 Å². The summed E-state index contributed by atoms with van der Waals surface area (Å²) in [5.41, 5.74) is 2.38. The zero-order chi connectivity index (χ0) is 29.0. The summed E-state index contributed by atoms with van der Waals surface area (Å²) < 4.78 is 7.41. The van der Waals surface area contributed by atoms with Crippen LogP contribution in [0.2, 0.25) is 0 Å². The smallest absolute Gasteiger partial charge is 0.410 e. The van der Waals surface area contributed by atoms with Gasteiger partial charge in [-0.1, -0.05) is 60.7 Å². The standard InChI is InChI=1S/C33H40N4O4/c1-33(2,3)41-32(40)36-20-21-37(29(24-36)27-12-8-5-9-13-27)31(39)34-17-14-25(15-18-34)23-35-19-16-28(22-30(35)38)26-10-6-4-7-11-26/h4-13,16,19,22,25,29H,14-15,17-18,20-21,23-24H2,1-3H3/t29-/m0/s1. The number of urea groups is 1. The van der Waals surface area contributed by atoms with E-state index in [9.17, 15) is 14.4 Å². The van der Waals surface area contributed by atoms with E-state index in [1.165, 1.54) is 0 Å². The summed E-state index contributed by atoms with van der Waals surface area (Å²) in [6.45, 7) is 8.79. The Labute approximate surface area is 242 Å². The van der Waals surface area contributed by atoms with Gasteiger partial charge >= 0.3 is 12.1 Å². The first kappa shape index (κ1) is 28.5. The minimum atomic E-state index is -0.578. The van der Waals surface area contributed by atoms with Crippen LogP contribution in [0.15, 0.2) is 83.8 Å². The summed E-state index contributed by atoms with van der Waals surface area (Å²) in [4.78, 5) is 45.0. The minimum absolute atomic E-state index is 0.00146. The van der Waals surface area contributed by atoms with Gasteiger partial charge in [-0.3, -0.25) is 4.79 Å². The maximum atomic E-state index is 13.8. The topological polar surface area (TPSA) is 75.1 Å². The molecule has 0 unspecified atom stereocenters. The lowest BCUT2D eigenvalue weighted by Gasteiger charge is -2.44. The Kier molecular flexibility index (Phi) is 8.47. The van der Waals surface area contributed by atoms with Gasteiger partial charge in [-0.2, -0.15) is 0 Å². The second kappa shape index (κ2) is 12.2. The SMILES string of the molecule is CC(C)(C)OC(=O)N1CCN(C(=O)N2CCC(Cn3ccc(-c4ccccc4)cc3=O)CC2)[C@H](c2ccccc2)C1. The number of hydrogen-bond donors (Lipinski definition) is 0. The van der Waals surface area contributed by atoms with Crippen LogP contribution in [0.5, 0.6) is 0 Å². The fraction of sp³-hybridized carbons (Fsp3) is 0.424. The van der Waals surface area contributed by atoms with Crippen molar-refractivity contribution in [1.82, 2.24) is 19.3 Å². The molecule has 1 atom stereocenters. The molecule has 216 valence electrons. The highest BCUT2D eigenvalue weighted by atomic mass is 16.6. The molecular weight excluding hydrogens is 516 g/mol. The number of likely N-dealkylation sites (tertiary alicyclic amines) is 1. The van der Waals surface area contributed by atoms with Crippen LogP contribution in [0.25, 0.3) is 11.1 Å². The Bertz CT molecular complexity index is 1390. The number of benzene rings is 2. The van der Waals surface area contributed by atoms with Crippen LogP contribution in [0.3, 0.4) is 0 Å². The van der Waals surface area contributed by atoms with E-state index in [1.54, 1.807) is 15.5 Å². The second-order valence-electron chi connectivity index (χ2n) is 12.0. The van der Waals surface area contributed by atoms with Gasteiger partial charge in [-0.05, 0) is 62.3 Å². The molecule has 2 aliphatic rings. The van der Waals surface area contributed by atoms with Crippen LogP contribution in [0.1, 0.15) is 45.2 Å². The molecule has 41 heavy (non-hydrogen) atoms. The molecule has 2 fully saturated rings. The van der Waals surface area contributed by atoms with E-state index in [-0.39, 0.29) is 23.7 Å². The Morgan fingerprint density at radius 2 is 1.49 bits per heavy atom. The summed E-state index contributed by atoms with van der Waals surface area (Å²) in [7, 11) is 0. The van der Waals surface area contributed by atoms with Gasteiger partial charge < -0.3 is 24.0 Å². The zero-order valence-electron chi connectivity index (χ0n) is 24.2. The number of piperazine rings is 1. The molecule has 3 heterocycles. The summed E-state index contributed by atoms with van der Waals surface area (Å²) in [6.07, 6.45) is 3.22. The minimum Gasteiger partial charge on any atom is -0.444 e. The Morgan fingerprint density at radius 1 is 0.829 bits per heavy atom. The highest BCUT2D eigenvalue weighted by Crippen LogP contribution is 2.29. The van der Waals surface area contributed by atoms with Crippen molar-refractivity contribution in [3.05, 3.63) is 94.9 Å². The number of aromatic nitrogens is 1.